The first-order valence-electron chi connectivity index (χ1n) is 9.74. The third-order valence-corrected chi connectivity index (χ3v) is 4.98. The zero-order chi connectivity index (χ0) is 21.3. The van der Waals surface area contributed by atoms with Gasteiger partial charge in [0.2, 0.25) is 11.8 Å². The second-order valence-electron chi connectivity index (χ2n) is 6.56. The molecule has 0 radical (unpaired) electrons. The number of piperidine rings is 1. The second kappa shape index (κ2) is 10.6. The van der Waals surface area contributed by atoms with Crippen LogP contribution in [0.3, 0.4) is 0 Å². The molecule has 3 rings (SSSR count). The van der Waals surface area contributed by atoms with Gasteiger partial charge in [-0.3, -0.25) is 24.4 Å². The fourth-order valence-electron chi connectivity index (χ4n) is 3.26. The number of nitrogens with one attached hydrogen (secondary N) is 1. The van der Waals surface area contributed by atoms with Crippen molar-refractivity contribution in [2.24, 2.45) is 12.5 Å². The normalized spacial score (nSPS) is 17.5. The third-order valence-electron chi connectivity index (χ3n) is 4.98. The SMILES string of the molecule is C/C=C\C.C=Cc1c(C(=O)N2CCC3(CC2)CC(=O)NC3=O)cnn1C.CC. The van der Waals surface area contributed by atoms with E-state index in [0.717, 1.165) is 0 Å². The molecule has 1 aromatic heterocycles. The molecule has 1 N–H and O–H groups in total. The predicted molar refractivity (Wildman–Crippen MR) is 110 cm³/mol. The van der Waals surface area contributed by atoms with Crippen molar-refractivity contribution in [3.63, 3.8) is 0 Å². The lowest BCUT2D eigenvalue weighted by molar-refractivity contribution is -0.130. The molecule has 3 heterocycles. The molecular formula is C21H32N4O3. The maximum Gasteiger partial charge on any atom is 0.257 e. The molecule has 2 fully saturated rings. The van der Waals surface area contributed by atoms with E-state index in [0.29, 0.717) is 37.2 Å². The van der Waals surface area contributed by atoms with Crippen LogP contribution < -0.4 is 5.32 Å². The lowest BCUT2D eigenvalue weighted by Crippen LogP contribution is -2.46. The number of rotatable bonds is 2. The largest absolute Gasteiger partial charge is 0.338 e. The van der Waals surface area contributed by atoms with Crippen LogP contribution in [0.15, 0.2) is 24.9 Å². The van der Waals surface area contributed by atoms with Crippen molar-refractivity contribution >= 4 is 23.8 Å². The molecule has 154 valence electrons. The molecule has 2 aliphatic heterocycles. The van der Waals surface area contributed by atoms with E-state index in [4.69, 9.17) is 0 Å². The molecule has 0 aliphatic carbocycles. The van der Waals surface area contributed by atoms with Crippen LogP contribution in [0.4, 0.5) is 0 Å². The molecule has 7 nitrogen and oxygen atoms in total. The smallest absolute Gasteiger partial charge is 0.257 e. The highest BCUT2D eigenvalue weighted by Crippen LogP contribution is 2.38. The predicted octanol–water partition coefficient (Wildman–Crippen LogP) is 2.94. The molecule has 1 aromatic rings. The number of likely N-dealkylation sites (tertiary alicyclic amines) is 1. The van der Waals surface area contributed by atoms with Gasteiger partial charge in [-0.15, -0.1) is 0 Å². The van der Waals surface area contributed by atoms with E-state index in [9.17, 15) is 14.4 Å². The molecule has 0 bridgehead atoms. The Hall–Kier alpha value is -2.70. The van der Waals surface area contributed by atoms with E-state index in [-0.39, 0.29) is 24.1 Å². The summed E-state index contributed by atoms with van der Waals surface area (Å²) in [5.41, 5.74) is 0.573. The molecule has 0 atom stereocenters. The van der Waals surface area contributed by atoms with Gasteiger partial charge in [0, 0.05) is 26.6 Å². The molecule has 28 heavy (non-hydrogen) atoms. The number of allylic oxidation sites excluding steroid dienone is 2. The number of aromatic nitrogens is 2. The lowest BCUT2D eigenvalue weighted by atomic mass is 9.77. The van der Waals surface area contributed by atoms with Gasteiger partial charge >= 0.3 is 0 Å². The summed E-state index contributed by atoms with van der Waals surface area (Å²) in [6.45, 7) is 12.6. The van der Waals surface area contributed by atoms with Crippen LogP contribution in [0.5, 0.6) is 0 Å². The first-order chi connectivity index (χ1) is 13.4. The molecule has 0 saturated carbocycles. The van der Waals surface area contributed by atoms with Crippen LogP contribution in [0, 0.1) is 5.41 Å². The maximum absolute atomic E-state index is 12.6. The third kappa shape index (κ3) is 4.97. The summed E-state index contributed by atoms with van der Waals surface area (Å²) in [4.78, 5) is 37.7. The molecular weight excluding hydrogens is 356 g/mol. The van der Waals surface area contributed by atoms with Crippen molar-refractivity contribution in [2.45, 2.75) is 47.0 Å². The van der Waals surface area contributed by atoms with Crippen LogP contribution in [0.25, 0.3) is 6.08 Å². The number of hydrogen-bond donors (Lipinski definition) is 1. The van der Waals surface area contributed by atoms with Crippen molar-refractivity contribution in [3.8, 4) is 0 Å². The average molecular weight is 389 g/mol. The molecule has 0 unspecified atom stereocenters. The molecule has 2 aliphatic rings. The average Bonchev–Trinajstić information content (AvgIpc) is 3.22. The fourth-order valence-corrected chi connectivity index (χ4v) is 3.26. The quantitative estimate of drug-likeness (QED) is 0.624. The summed E-state index contributed by atoms with van der Waals surface area (Å²) >= 11 is 0. The Balaban J connectivity index is 0.000000583. The number of carbonyl (C=O) groups is 3. The zero-order valence-corrected chi connectivity index (χ0v) is 17.6. The number of amides is 3. The van der Waals surface area contributed by atoms with Gasteiger partial charge in [-0.05, 0) is 32.8 Å². The van der Waals surface area contributed by atoms with E-state index >= 15 is 0 Å². The topological polar surface area (TPSA) is 84.3 Å². The van der Waals surface area contributed by atoms with Crippen LogP contribution in [0.1, 0.15) is 63.0 Å². The molecule has 3 amide bonds. The van der Waals surface area contributed by atoms with Gasteiger partial charge in [0.25, 0.3) is 5.91 Å². The summed E-state index contributed by atoms with van der Waals surface area (Å²) in [6, 6.07) is 0. The van der Waals surface area contributed by atoms with Crippen molar-refractivity contribution in [1.29, 1.82) is 0 Å². The summed E-state index contributed by atoms with van der Waals surface area (Å²) in [6.07, 6.45) is 8.41. The summed E-state index contributed by atoms with van der Waals surface area (Å²) in [5, 5.41) is 6.45. The number of nitrogens with zero attached hydrogens (tertiary/aromatic N) is 3. The first kappa shape index (κ1) is 23.3. The fraction of sp³-hybridized carbons (Fsp3) is 0.524. The van der Waals surface area contributed by atoms with E-state index < -0.39 is 5.41 Å². The Labute approximate surface area is 167 Å². The highest BCUT2D eigenvalue weighted by Gasteiger charge is 2.48. The molecule has 7 heteroatoms. The second-order valence-corrected chi connectivity index (χ2v) is 6.56. The van der Waals surface area contributed by atoms with Crippen LogP contribution >= 0.6 is 0 Å². The van der Waals surface area contributed by atoms with Crippen LogP contribution in [0.2, 0.25) is 0 Å². The van der Waals surface area contributed by atoms with E-state index in [2.05, 4.69) is 17.0 Å². The Kier molecular flexibility index (Phi) is 8.82. The highest BCUT2D eigenvalue weighted by atomic mass is 16.2. The van der Waals surface area contributed by atoms with E-state index in [1.54, 1.807) is 22.7 Å². The summed E-state index contributed by atoms with van der Waals surface area (Å²) in [7, 11) is 1.76. The van der Waals surface area contributed by atoms with Gasteiger partial charge in [0.1, 0.15) is 0 Å². The Morgan fingerprint density at radius 3 is 2.21 bits per heavy atom. The van der Waals surface area contributed by atoms with Crippen LogP contribution in [-0.2, 0) is 16.6 Å². The monoisotopic (exact) mass is 388 g/mol. The Morgan fingerprint density at radius 1 is 1.21 bits per heavy atom. The standard InChI is InChI=1S/C15H18N4O3.C4H8.C2H6/c1-3-11-10(9-16-18(11)2)13(21)19-6-4-15(5-7-19)8-12(20)17-14(15)22;1-3-4-2;1-2/h3,9H,1,4-8H2,2H3,(H,17,20,22);3-4H,1-2H3;1-2H3/b;4-3-;. The summed E-state index contributed by atoms with van der Waals surface area (Å²) in [5.74, 6) is -0.522. The van der Waals surface area contributed by atoms with E-state index in [1.807, 2.05) is 39.8 Å². The minimum atomic E-state index is -0.621. The number of hydrogen-bond acceptors (Lipinski definition) is 4. The van der Waals surface area contributed by atoms with E-state index in [1.165, 1.54) is 6.20 Å². The number of carbonyl (C=O) groups excluding carboxylic acids is 3. The molecule has 1 spiro atoms. The van der Waals surface area contributed by atoms with Gasteiger partial charge in [0.15, 0.2) is 0 Å². The van der Waals surface area contributed by atoms with Crippen molar-refractivity contribution in [1.82, 2.24) is 20.0 Å². The number of aryl methyl sites for hydroxylation is 1. The van der Waals surface area contributed by atoms with Crippen molar-refractivity contribution in [2.75, 3.05) is 13.1 Å². The lowest BCUT2D eigenvalue weighted by Gasteiger charge is -2.36. The summed E-state index contributed by atoms with van der Waals surface area (Å²) < 4.78 is 1.61. The first-order valence-corrected chi connectivity index (χ1v) is 9.74. The Morgan fingerprint density at radius 2 is 1.79 bits per heavy atom. The molecule has 0 aromatic carbocycles. The molecule has 2 saturated heterocycles. The van der Waals surface area contributed by atoms with Gasteiger partial charge in [-0.1, -0.05) is 32.6 Å². The van der Waals surface area contributed by atoms with Gasteiger partial charge in [-0.2, -0.15) is 5.10 Å². The highest BCUT2D eigenvalue weighted by molar-refractivity contribution is 6.06. The number of imide groups is 1. The zero-order valence-electron chi connectivity index (χ0n) is 17.6. The van der Waals surface area contributed by atoms with Gasteiger partial charge in [-0.25, -0.2) is 0 Å². The van der Waals surface area contributed by atoms with Gasteiger partial charge < -0.3 is 4.90 Å². The van der Waals surface area contributed by atoms with Crippen molar-refractivity contribution in [3.05, 3.63) is 36.2 Å². The maximum atomic E-state index is 12.6. The van der Waals surface area contributed by atoms with Crippen molar-refractivity contribution < 1.29 is 14.4 Å². The van der Waals surface area contributed by atoms with Gasteiger partial charge in [0.05, 0.1) is 22.9 Å². The van der Waals surface area contributed by atoms with Crippen LogP contribution in [-0.4, -0.2) is 45.5 Å². The minimum absolute atomic E-state index is 0.109. The minimum Gasteiger partial charge on any atom is -0.338 e. The Bertz CT molecular complexity index is 737.